The van der Waals surface area contributed by atoms with Gasteiger partial charge in [0, 0.05) is 31.7 Å². The lowest BCUT2D eigenvalue weighted by molar-refractivity contribution is 0.0342. The standard InChI is InChI=1S/C21H26N2O2/c1-17(19-5-3-2-4-6-19)15-22-21(24)20-9-7-18(8-10-20)16-23-11-13-25-14-12-23/h2-10,17H,11-16H2,1H3,(H,22,24)/t17-/m0/s1. The van der Waals surface area contributed by atoms with Crippen LogP contribution in [0.15, 0.2) is 54.6 Å². The Hall–Kier alpha value is -2.17. The van der Waals surface area contributed by atoms with Crippen LogP contribution >= 0.6 is 0 Å². The third kappa shape index (κ3) is 5.15. The van der Waals surface area contributed by atoms with Gasteiger partial charge in [-0.2, -0.15) is 0 Å². The second kappa shape index (κ2) is 8.79. The molecule has 2 aromatic rings. The van der Waals surface area contributed by atoms with Gasteiger partial charge in [-0.15, -0.1) is 0 Å². The van der Waals surface area contributed by atoms with Crippen LogP contribution in [0.4, 0.5) is 0 Å². The highest BCUT2D eigenvalue weighted by atomic mass is 16.5. The quantitative estimate of drug-likeness (QED) is 0.880. The Kier molecular flexibility index (Phi) is 6.20. The Morgan fingerprint density at radius 3 is 2.44 bits per heavy atom. The van der Waals surface area contributed by atoms with Gasteiger partial charge in [-0.3, -0.25) is 9.69 Å². The molecule has 1 heterocycles. The summed E-state index contributed by atoms with van der Waals surface area (Å²) in [6.45, 7) is 7.23. The van der Waals surface area contributed by atoms with Gasteiger partial charge in [0.25, 0.3) is 5.91 Å². The maximum atomic E-state index is 12.3. The number of ether oxygens (including phenoxy) is 1. The third-order valence-corrected chi connectivity index (χ3v) is 4.66. The van der Waals surface area contributed by atoms with Crippen molar-refractivity contribution in [2.45, 2.75) is 19.4 Å². The molecule has 1 N–H and O–H groups in total. The van der Waals surface area contributed by atoms with Gasteiger partial charge < -0.3 is 10.1 Å². The average molecular weight is 338 g/mol. The Morgan fingerprint density at radius 1 is 1.08 bits per heavy atom. The number of rotatable bonds is 6. The second-order valence-electron chi connectivity index (χ2n) is 6.61. The number of carbonyl (C=O) groups excluding carboxylic acids is 1. The number of morpholine rings is 1. The maximum absolute atomic E-state index is 12.3. The lowest BCUT2D eigenvalue weighted by Crippen LogP contribution is -2.35. The maximum Gasteiger partial charge on any atom is 0.251 e. The number of carbonyl (C=O) groups is 1. The predicted molar refractivity (Wildman–Crippen MR) is 99.7 cm³/mol. The first-order chi connectivity index (χ1) is 12.2. The summed E-state index contributed by atoms with van der Waals surface area (Å²) in [5.41, 5.74) is 3.19. The molecule has 0 aromatic heterocycles. The van der Waals surface area contributed by atoms with Crippen LogP contribution in [0.25, 0.3) is 0 Å². The molecule has 4 nitrogen and oxygen atoms in total. The van der Waals surface area contributed by atoms with Gasteiger partial charge in [0.2, 0.25) is 0 Å². The second-order valence-corrected chi connectivity index (χ2v) is 6.61. The van der Waals surface area contributed by atoms with E-state index in [0.717, 1.165) is 32.8 Å². The van der Waals surface area contributed by atoms with E-state index < -0.39 is 0 Å². The van der Waals surface area contributed by atoms with E-state index in [1.54, 1.807) is 0 Å². The Balaban J connectivity index is 1.50. The molecule has 2 aromatic carbocycles. The summed E-state index contributed by atoms with van der Waals surface area (Å²) in [6, 6.07) is 18.2. The Bertz CT molecular complexity index is 664. The van der Waals surface area contributed by atoms with Crippen molar-refractivity contribution in [3.63, 3.8) is 0 Å². The molecule has 1 atom stereocenters. The molecule has 1 amide bonds. The molecule has 0 spiro atoms. The fourth-order valence-corrected chi connectivity index (χ4v) is 3.03. The highest BCUT2D eigenvalue weighted by molar-refractivity contribution is 5.94. The summed E-state index contributed by atoms with van der Waals surface area (Å²) >= 11 is 0. The van der Waals surface area contributed by atoms with Crippen molar-refractivity contribution >= 4 is 5.91 Å². The van der Waals surface area contributed by atoms with Gasteiger partial charge in [0.05, 0.1) is 13.2 Å². The zero-order valence-corrected chi connectivity index (χ0v) is 14.8. The van der Waals surface area contributed by atoms with E-state index in [2.05, 4.69) is 29.3 Å². The smallest absolute Gasteiger partial charge is 0.251 e. The van der Waals surface area contributed by atoms with E-state index in [4.69, 9.17) is 4.74 Å². The van der Waals surface area contributed by atoms with Gasteiger partial charge >= 0.3 is 0 Å². The lowest BCUT2D eigenvalue weighted by Gasteiger charge is -2.26. The van der Waals surface area contributed by atoms with Crippen LogP contribution in [0.1, 0.15) is 34.3 Å². The van der Waals surface area contributed by atoms with Crippen LogP contribution in [-0.4, -0.2) is 43.7 Å². The highest BCUT2D eigenvalue weighted by Crippen LogP contribution is 2.14. The van der Waals surface area contributed by atoms with Gasteiger partial charge in [-0.25, -0.2) is 0 Å². The van der Waals surface area contributed by atoms with Gasteiger partial charge in [0.15, 0.2) is 0 Å². The highest BCUT2D eigenvalue weighted by Gasteiger charge is 2.12. The van der Waals surface area contributed by atoms with Crippen molar-refractivity contribution in [1.82, 2.24) is 10.2 Å². The SMILES string of the molecule is C[C@@H](CNC(=O)c1ccc(CN2CCOCC2)cc1)c1ccccc1. The fraction of sp³-hybridized carbons (Fsp3) is 0.381. The molecule has 3 rings (SSSR count). The van der Waals surface area contributed by atoms with Crippen LogP contribution < -0.4 is 5.32 Å². The first kappa shape index (κ1) is 17.6. The van der Waals surface area contributed by atoms with Crippen LogP contribution in [0.3, 0.4) is 0 Å². The van der Waals surface area contributed by atoms with E-state index in [1.165, 1.54) is 11.1 Å². The van der Waals surface area contributed by atoms with Gasteiger partial charge in [-0.1, -0.05) is 49.4 Å². The number of amides is 1. The minimum atomic E-state index is -0.0132. The van der Waals surface area contributed by atoms with Gasteiger partial charge in [0.1, 0.15) is 0 Å². The zero-order valence-electron chi connectivity index (χ0n) is 14.8. The molecule has 25 heavy (non-hydrogen) atoms. The first-order valence-electron chi connectivity index (χ1n) is 8.94. The summed E-state index contributed by atoms with van der Waals surface area (Å²) in [5, 5.41) is 3.03. The predicted octanol–water partition coefficient (Wildman–Crippen LogP) is 3.05. The lowest BCUT2D eigenvalue weighted by atomic mass is 10.0. The van der Waals surface area contributed by atoms with Crippen molar-refractivity contribution < 1.29 is 9.53 Å². The summed E-state index contributed by atoms with van der Waals surface area (Å²) in [4.78, 5) is 14.7. The Morgan fingerprint density at radius 2 is 1.76 bits per heavy atom. The van der Waals surface area contributed by atoms with E-state index in [1.807, 2.05) is 42.5 Å². The van der Waals surface area contributed by atoms with E-state index in [-0.39, 0.29) is 5.91 Å². The van der Waals surface area contributed by atoms with E-state index in [9.17, 15) is 4.79 Å². The normalized spacial score (nSPS) is 16.4. The van der Waals surface area contributed by atoms with E-state index >= 15 is 0 Å². The van der Waals surface area contributed by atoms with E-state index in [0.29, 0.717) is 18.0 Å². The average Bonchev–Trinajstić information content (AvgIpc) is 2.68. The first-order valence-corrected chi connectivity index (χ1v) is 8.94. The number of nitrogens with one attached hydrogen (secondary N) is 1. The largest absolute Gasteiger partial charge is 0.379 e. The number of nitrogens with zero attached hydrogens (tertiary/aromatic N) is 1. The topological polar surface area (TPSA) is 41.6 Å². The molecule has 4 heteroatoms. The van der Waals surface area contributed by atoms with Crippen molar-refractivity contribution in [2.75, 3.05) is 32.8 Å². The molecule has 0 aliphatic carbocycles. The molecule has 132 valence electrons. The van der Waals surface area contributed by atoms with Crippen molar-refractivity contribution in [2.24, 2.45) is 0 Å². The molecule has 1 aliphatic heterocycles. The molecule has 0 radical (unpaired) electrons. The molecule has 0 unspecified atom stereocenters. The molecule has 1 saturated heterocycles. The molecule has 0 saturated carbocycles. The number of hydrogen-bond acceptors (Lipinski definition) is 3. The zero-order chi connectivity index (χ0) is 17.5. The Labute approximate surface area is 149 Å². The summed E-state index contributed by atoms with van der Waals surface area (Å²) < 4.78 is 5.37. The summed E-state index contributed by atoms with van der Waals surface area (Å²) in [5.74, 6) is 0.284. The summed E-state index contributed by atoms with van der Waals surface area (Å²) in [6.07, 6.45) is 0. The van der Waals surface area contributed by atoms with Crippen molar-refractivity contribution in [3.8, 4) is 0 Å². The number of hydrogen-bond donors (Lipinski definition) is 1. The van der Waals surface area contributed by atoms with Crippen LogP contribution in [-0.2, 0) is 11.3 Å². The molecule has 1 aliphatic rings. The molecule has 0 bridgehead atoms. The van der Waals surface area contributed by atoms with Crippen LogP contribution in [0.5, 0.6) is 0 Å². The fourth-order valence-electron chi connectivity index (χ4n) is 3.03. The molecule has 1 fully saturated rings. The van der Waals surface area contributed by atoms with Gasteiger partial charge in [-0.05, 0) is 29.2 Å². The van der Waals surface area contributed by atoms with Crippen LogP contribution in [0, 0.1) is 0 Å². The minimum absolute atomic E-state index is 0.0132. The van der Waals surface area contributed by atoms with Crippen molar-refractivity contribution in [3.05, 3.63) is 71.3 Å². The van der Waals surface area contributed by atoms with Crippen LogP contribution in [0.2, 0.25) is 0 Å². The monoisotopic (exact) mass is 338 g/mol. The van der Waals surface area contributed by atoms with Crippen molar-refractivity contribution in [1.29, 1.82) is 0 Å². The minimum Gasteiger partial charge on any atom is -0.379 e. The third-order valence-electron chi connectivity index (χ3n) is 4.66. The number of benzene rings is 2. The molecular formula is C21H26N2O2. The summed E-state index contributed by atoms with van der Waals surface area (Å²) in [7, 11) is 0. The molecular weight excluding hydrogens is 312 g/mol.